The molecule has 0 aromatic heterocycles. The van der Waals surface area contributed by atoms with Gasteiger partial charge in [-0.3, -0.25) is 18.5 Å². The van der Waals surface area contributed by atoms with Crippen LogP contribution in [0.15, 0.2) is 23.8 Å². The molecule has 0 saturated heterocycles. The van der Waals surface area contributed by atoms with E-state index in [2.05, 4.69) is 0 Å². The highest BCUT2D eigenvalue weighted by molar-refractivity contribution is 7.80. The Balaban J connectivity index is 2.02. The molecule has 1 aromatic carbocycles. The number of fused-ring (bicyclic) bond motifs is 2. The van der Waals surface area contributed by atoms with Gasteiger partial charge in [0.2, 0.25) is 0 Å². The van der Waals surface area contributed by atoms with Gasteiger partial charge in [0.1, 0.15) is 11.3 Å². The van der Waals surface area contributed by atoms with Crippen molar-refractivity contribution in [2.75, 3.05) is 10.9 Å². The maximum absolute atomic E-state index is 12.0. The van der Waals surface area contributed by atoms with Crippen molar-refractivity contribution in [3.8, 4) is 0 Å². The molecule has 1 aliphatic carbocycles. The third-order valence-electron chi connectivity index (χ3n) is 4.98. The molecule has 3 rings (SSSR count). The molecule has 0 fully saturated rings. The number of amides is 1. The Morgan fingerprint density at radius 1 is 1.35 bits per heavy atom. The first-order valence-electron chi connectivity index (χ1n) is 8.68. The van der Waals surface area contributed by atoms with Gasteiger partial charge >= 0.3 is 0 Å². The van der Waals surface area contributed by atoms with Crippen LogP contribution in [0.3, 0.4) is 0 Å². The van der Waals surface area contributed by atoms with Gasteiger partial charge in [-0.25, -0.2) is 5.48 Å². The molecule has 26 heavy (non-hydrogen) atoms. The highest BCUT2D eigenvalue weighted by Gasteiger charge is 2.37. The summed E-state index contributed by atoms with van der Waals surface area (Å²) in [6, 6.07) is 5.31. The Morgan fingerprint density at radius 3 is 2.81 bits per heavy atom. The summed E-state index contributed by atoms with van der Waals surface area (Å²) in [6.45, 7) is 3.51. The van der Waals surface area contributed by atoms with Crippen molar-refractivity contribution in [3.05, 3.63) is 34.9 Å². The molecular formula is C18H23N2O5S-. The zero-order valence-electron chi connectivity index (χ0n) is 14.9. The summed E-state index contributed by atoms with van der Waals surface area (Å²) in [6.07, 6.45) is 5.07. The van der Waals surface area contributed by atoms with E-state index in [4.69, 9.17) is 9.94 Å². The number of nitrogens with one attached hydrogen (secondary N) is 1. The number of rotatable bonds is 4. The van der Waals surface area contributed by atoms with Crippen molar-refractivity contribution in [1.82, 2.24) is 5.48 Å². The summed E-state index contributed by atoms with van der Waals surface area (Å²) in [4.78, 5) is 12.0. The van der Waals surface area contributed by atoms with E-state index in [0.717, 1.165) is 53.3 Å². The Hall–Kier alpha value is -1.90. The number of hydrogen-bond acceptors (Lipinski definition) is 5. The van der Waals surface area contributed by atoms with Gasteiger partial charge in [-0.1, -0.05) is 6.07 Å². The van der Waals surface area contributed by atoms with Gasteiger partial charge in [-0.2, -0.15) is 0 Å². The Bertz CT molecular complexity index is 775. The number of hydroxylamine groups is 1. The van der Waals surface area contributed by atoms with E-state index in [1.807, 2.05) is 6.07 Å². The van der Waals surface area contributed by atoms with Gasteiger partial charge in [0.15, 0.2) is 0 Å². The number of carbonyl (C=O) groups is 1. The van der Waals surface area contributed by atoms with Crippen molar-refractivity contribution in [3.63, 3.8) is 0 Å². The zero-order chi connectivity index (χ0) is 18.9. The van der Waals surface area contributed by atoms with Crippen LogP contribution in [0.1, 0.15) is 50.7 Å². The average molecular weight is 379 g/mol. The molecule has 0 spiro atoms. The number of allylic oxidation sites excluding steroid dienone is 1. The number of ether oxygens (including phenoxy) is 1. The van der Waals surface area contributed by atoms with Crippen molar-refractivity contribution in [2.45, 2.75) is 51.5 Å². The largest absolute Gasteiger partial charge is 0.755 e. The lowest BCUT2D eigenvalue weighted by Gasteiger charge is -2.39. The molecule has 2 aliphatic rings. The molecule has 0 radical (unpaired) electrons. The fraction of sp³-hybridized carbons (Fsp3) is 0.500. The predicted molar refractivity (Wildman–Crippen MR) is 96.9 cm³/mol. The third kappa shape index (κ3) is 3.36. The summed E-state index contributed by atoms with van der Waals surface area (Å²) in [5, 5.41) is 8.96. The van der Waals surface area contributed by atoms with Crippen molar-refractivity contribution >= 4 is 28.6 Å². The Kier molecular flexibility index (Phi) is 5.36. The standard InChI is InChI=1S/C18H24N2O5S/c1-18(2,17(21)19-22)20(26(23)24)14-8-7-12-10-13-6-4-3-5-9-25-16(13)15(12)11-14/h7-8,11,22H,3-6,9-10H2,1-2H3,(H,19,21)(H,23,24)/p-1. The number of hydrogen-bond donors (Lipinski definition) is 2. The van der Waals surface area contributed by atoms with Crippen LogP contribution >= 0.6 is 0 Å². The Morgan fingerprint density at radius 2 is 2.12 bits per heavy atom. The van der Waals surface area contributed by atoms with E-state index in [9.17, 15) is 13.6 Å². The fourth-order valence-electron chi connectivity index (χ4n) is 3.55. The average Bonchev–Trinajstić information content (AvgIpc) is 2.89. The summed E-state index contributed by atoms with van der Waals surface area (Å²) in [7, 11) is 0. The first-order valence-corrected chi connectivity index (χ1v) is 9.71. The van der Waals surface area contributed by atoms with Crippen LogP contribution in [0.25, 0.3) is 5.76 Å². The third-order valence-corrected chi connectivity index (χ3v) is 5.95. The molecule has 8 heteroatoms. The highest BCUT2D eigenvalue weighted by atomic mass is 32.2. The molecule has 142 valence electrons. The minimum Gasteiger partial charge on any atom is -0.755 e. The molecule has 0 bridgehead atoms. The molecule has 1 heterocycles. The van der Waals surface area contributed by atoms with Crippen LogP contribution in [0.5, 0.6) is 0 Å². The van der Waals surface area contributed by atoms with Crippen LogP contribution in [0.4, 0.5) is 5.69 Å². The molecule has 1 aliphatic heterocycles. The van der Waals surface area contributed by atoms with E-state index in [1.165, 1.54) is 24.9 Å². The minimum absolute atomic E-state index is 0.352. The molecule has 1 atom stereocenters. The second-order valence-electron chi connectivity index (χ2n) is 7.12. The van der Waals surface area contributed by atoms with Crippen LogP contribution in [-0.4, -0.2) is 32.0 Å². The SMILES string of the molecule is CC(C)(C(=O)NO)N(c1ccc2c(c1)C1=C(CCCCCO1)C2)S(=O)[O-]. The molecule has 0 saturated carbocycles. The summed E-state index contributed by atoms with van der Waals surface area (Å²) in [5.74, 6) is 0.0342. The predicted octanol–water partition coefficient (Wildman–Crippen LogP) is 2.43. The lowest BCUT2D eigenvalue weighted by atomic mass is 10.0. The molecule has 2 N–H and O–H groups in total. The monoisotopic (exact) mass is 379 g/mol. The second kappa shape index (κ2) is 7.38. The fourth-order valence-corrected chi connectivity index (χ4v) is 4.30. The van der Waals surface area contributed by atoms with Crippen molar-refractivity contribution in [2.24, 2.45) is 0 Å². The van der Waals surface area contributed by atoms with E-state index in [0.29, 0.717) is 12.3 Å². The highest BCUT2D eigenvalue weighted by Crippen LogP contribution is 2.40. The molecule has 7 nitrogen and oxygen atoms in total. The van der Waals surface area contributed by atoms with Gasteiger partial charge in [0.05, 0.1) is 12.3 Å². The van der Waals surface area contributed by atoms with Crippen LogP contribution in [-0.2, 0) is 27.2 Å². The zero-order valence-corrected chi connectivity index (χ0v) is 15.7. The number of nitrogens with zero attached hydrogens (tertiary/aromatic N) is 1. The maximum Gasteiger partial charge on any atom is 0.269 e. The summed E-state index contributed by atoms with van der Waals surface area (Å²) in [5.41, 5.74) is 3.63. The summed E-state index contributed by atoms with van der Waals surface area (Å²) >= 11 is -2.70. The smallest absolute Gasteiger partial charge is 0.269 e. The van der Waals surface area contributed by atoms with Gasteiger partial charge in [0, 0.05) is 16.8 Å². The quantitative estimate of drug-likeness (QED) is 0.475. The lowest BCUT2D eigenvalue weighted by molar-refractivity contribution is -0.133. The Labute approximate surface area is 155 Å². The van der Waals surface area contributed by atoms with E-state index in [1.54, 1.807) is 12.1 Å². The molecular weight excluding hydrogens is 356 g/mol. The van der Waals surface area contributed by atoms with Crippen LogP contribution in [0.2, 0.25) is 0 Å². The minimum atomic E-state index is -2.70. The topological polar surface area (TPSA) is 102 Å². The molecule has 1 unspecified atom stereocenters. The van der Waals surface area contributed by atoms with Gasteiger partial charge in [-0.15, -0.1) is 0 Å². The number of benzene rings is 1. The van der Waals surface area contributed by atoms with Gasteiger partial charge in [-0.05, 0) is 69.2 Å². The summed E-state index contributed by atoms with van der Waals surface area (Å²) < 4.78 is 30.7. The van der Waals surface area contributed by atoms with Crippen LogP contribution in [0, 0.1) is 0 Å². The molecule has 1 amide bonds. The van der Waals surface area contributed by atoms with Crippen LogP contribution < -0.4 is 9.79 Å². The van der Waals surface area contributed by atoms with Gasteiger partial charge < -0.3 is 9.29 Å². The number of anilines is 1. The van der Waals surface area contributed by atoms with Crippen molar-refractivity contribution < 1.29 is 23.5 Å². The molecule has 1 aromatic rings. The second-order valence-corrected chi connectivity index (χ2v) is 7.92. The normalized spacial score (nSPS) is 18.2. The number of carbonyl (C=O) groups excluding carboxylic acids is 1. The van der Waals surface area contributed by atoms with E-state index in [-0.39, 0.29) is 0 Å². The van der Waals surface area contributed by atoms with E-state index >= 15 is 0 Å². The van der Waals surface area contributed by atoms with Crippen molar-refractivity contribution in [1.29, 1.82) is 0 Å². The van der Waals surface area contributed by atoms with E-state index < -0.39 is 22.7 Å². The first-order chi connectivity index (χ1) is 12.4. The van der Waals surface area contributed by atoms with Gasteiger partial charge in [0.25, 0.3) is 5.91 Å². The lowest BCUT2D eigenvalue weighted by Crippen LogP contribution is -2.55. The first kappa shape index (κ1) is 18.9. The maximum atomic E-state index is 12.0.